The molecule has 0 aliphatic heterocycles. The first-order chi connectivity index (χ1) is 5.86. The average molecular weight is 189 g/mol. The second-order valence-corrected chi connectivity index (χ2v) is 4.43. The predicted molar refractivity (Wildman–Crippen MR) is 60.0 cm³/mol. The summed E-state index contributed by atoms with van der Waals surface area (Å²) >= 11 is 0. The van der Waals surface area contributed by atoms with E-state index in [-0.39, 0.29) is 6.10 Å². The molecule has 82 valence electrons. The van der Waals surface area contributed by atoms with Gasteiger partial charge in [0.15, 0.2) is 0 Å². The first-order valence-corrected chi connectivity index (χ1v) is 5.19. The normalized spacial score (nSPS) is 10.6. The highest BCUT2D eigenvalue weighted by Crippen LogP contribution is 2.02. The van der Waals surface area contributed by atoms with Crippen LogP contribution in [-0.2, 0) is 0 Å². The summed E-state index contributed by atoms with van der Waals surface area (Å²) in [5.41, 5.74) is 0. The smallest absolute Gasteiger partial charge is 0.0483 e. The van der Waals surface area contributed by atoms with Crippen molar-refractivity contribution in [3.8, 4) is 0 Å². The molecule has 0 saturated carbocycles. The van der Waals surface area contributed by atoms with E-state index in [4.69, 9.17) is 5.11 Å². The van der Waals surface area contributed by atoms with Crippen LogP contribution in [0.5, 0.6) is 0 Å². The van der Waals surface area contributed by atoms with Gasteiger partial charge in [-0.1, -0.05) is 13.8 Å². The van der Waals surface area contributed by atoms with E-state index in [1.54, 1.807) is 13.8 Å². The van der Waals surface area contributed by atoms with Gasteiger partial charge in [0.2, 0.25) is 0 Å². The Labute approximate surface area is 83.9 Å². The average Bonchev–Trinajstić information content (AvgIpc) is 1.83. The van der Waals surface area contributed by atoms with Gasteiger partial charge >= 0.3 is 0 Å². The lowest BCUT2D eigenvalue weighted by molar-refractivity contribution is 0.216. The molecular formula is C11H27NO. The van der Waals surface area contributed by atoms with Gasteiger partial charge in [0.05, 0.1) is 0 Å². The van der Waals surface area contributed by atoms with Crippen LogP contribution in [0.4, 0.5) is 0 Å². The zero-order chi connectivity index (χ0) is 10.9. The summed E-state index contributed by atoms with van der Waals surface area (Å²) in [6, 6.07) is 0. The number of hydrogen-bond donors (Lipinski definition) is 1. The molecule has 13 heavy (non-hydrogen) atoms. The summed E-state index contributed by atoms with van der Waals surface area (Å²) in [4.78, 5) is 2.24. The van der Waals surface area contributed by atoms with Crippen LogP contribution < -0.4 is 0 Å². The van der Waals surface area contributed by atoms with Crippen LogP contribution in [0.3, 0.4) is 0 Å². The highest BCUT2D eigenvalue weighted by molar-refractivity contribution is 4.48. The zero-order valence-electron chi connectivity index (χ0n) is 10.2. The minimum atomic E-state index is -0.167. The van der Waals surface area contributed by atoms with Gasteiger partial charge < -0.3 is 10.0 Å². The fourth-order valence-electron chi connectivity index (χ4n) is 0.816. The molecule has 0 heterocycles. The number of rotatable bonds is 4. The van der Waals surface area contributed by atoms with Crippen molar-refractivity contribution >= 4 is 0 Å². The second kappa shape index (κ2) is 10.0. The largest absolute Gasteiger partial charge is 0.394 e. The SMILES string of the molecule is CC(C)CCCN(C)C.CC(C)O. The topological polar surface area (TPSA) is 23.5 Å². The molecule has 2 nitrogen and oxygen atoms in total. The number of nitrogens with zero attached hydrogens (tertiary/aromatic N) is 1. The third-order valence-electron chi connectivity index (χ3n) is 1.39. The molecule has 0 fully saturated rings. The lowest BCUT2D eigenvalue weighted by atomic mass is 10.1. The molecule has 0 radical (unpaired) electrons. The first-order valence-electron chi connectivity index (χ1n) is 5.19. The van der Waals surface area contributed by atoms with Gasteiger partial charge in [0.1, 0.15) is 0 Å². The molecule has 0 bridgehead atoms. The second-order valence-electron chi connectivity index (χ2n) is 4.43. The van der Waals surface area contributed by atoms with Crippen molar-refractivity contribution in [3.63, 3.8) is 0 Å². The Morgan fingerprint density at radius 3 is 1.69 bits per heavy atom. The highest BCUT2D eigenvalue weighted by atomic mass is 16.3. The van der Waals surface area contributed by atoms with Gasteiger partial charge in [-0.25, -0.2) is 0 Å². The van der Waals surface area contributed by atoms with Crippen LogP contribution in [0.1, 0.15) is 40.5 Å². The lowest BCUT2D eigenvalue weighted by Crippen LogP contribution is -2.13. The lowest BCUT2D eigenvalue weighted by Gasteiger charge is -2.09. The van der Waals surface area contributed by atoms with Gasteiger partial charge in [0.25, 0.3) is 0 Å². The van der Waals surface area contributed by atoms with E-state index in [1.165, 1.54) is 19.4 Å². The maximum absolute atomic E-state index is 8.06. The molecule has 0 spiro atoms. The molecule has 0 atom stereocenters. The Balaban J connectivity index is 0. The van der Waals surface area contributed by atoms with Gasteiger partial charge in [-0.2, -0.15) is 0 Å². The van der Waals surface area contributed by atoms with Gasteiger partial charge in [-0.15, -0.1) is 0 Å². The van der Waals surface area contributed by atoms with Crippen LogP contribution in [0.2, 0.25) is 0 Å². The fourth-order valence-corrected chi connectivity index (χ4v) is 0.816. The van der Waals surface area contributed by atoms with Gasteiger partial charge in [-0.3, -0.25) is 0 Å². The third-order valence-corrected chi connectivity index (χ3v) is 1.39. The molecule has 1 N–H and O–H groups in total. The van der Waals surface area contributed by atoms with Crippen LogP contribution in [0, 0.1) is 5.92 Å². The monoisotopic (exact) mass is 189 g/mol. The molecule has 2 heteroatoms. The minimum Gasteiger partial charge on any atom is -0.394 e. The molecule has 0 rings (SSSR count). The summed E-state index contributed by atoms with van der Waals surface area (Å²) in [5.74, 6) is 0.866. The van der Waals surface area contributed by atoms with Crippen molar-refractivity contribution in [2.45, 2.75) is 46.6 Å². The summed E-state index contributed by atoms with van der Waals surface area (Å²) < 4.78 is 0. The maximum atomic E-state index is 8.06. The van der Waals surface area contributed by atoms with E-state index in [0.29, 0.717) is 0 Å². The van der Waals surface area contributed by atoms with E-state index in [2.05, 4.69) is 32.8 Å². The van der Waals surface area contributed by atoms with Crippen molar-refractivity contribution in [2.75, 3.05) is 20.6 Å². The Morgan fingerprint density at radius 1 is 1.08 bits per heavy atom. The van der Waals surface area contributed by atoms with Crippen molar-refractivity contribution in [2.24, 2.45) is 5.92 Å². The van der Waals surface area contributed by atoms with Crippen molar-refractivity contribution in [1.82, 2.24) is 4.90 Å². The highest BCUT2D eigenvalue weighted by Gasteiger charge is 1.93. The van der Waals surface area contributed by atoms with E-state index in [1.807, 2.05) is 0 Å². The molecule has 0 aliphatic rings. The Bertz CT molecular complexity index is 79.3. The molecule has 0 aromatic carbocycles. The number of aliphatic hydroxyl groups is 1. The minimum absolute atomic E-state index is 0.167. The number of aliphatic hydroxyl groups excluding tert-OH is 1. The summed E-state index contributed by atoms with van der Waals surface area (Å²) in [7, 11) is 4.25. The van der Waals surface area contributed by atoms with Crippen molar-refractivity contribution < 1.29 is 5.11 Å². The summed E-state index contributed by atoms with van der Waals surface area (Å²) in [5, 5.41) is 8.06. The number of hydrogen-bond acceptors (Lipinski definition) is 2. The molecular weight excluding hydrogens is 162 g/mol. The molecule has 0 aromatic rings. The predicted octanol–water partition coefficient (Wildman–Crippen LogP) is 2.37. The van der Waals surface area contributed by atoms with Crippen LogP contribution in [0.25, 0.3) is 0 Å². The van der Waals surface area contributed by atoms with Gasteiger partial charge in [-0.05, 0) is 53.2 Å². The van der Waals surface area contributed by atoms with Crippen molar-refractivity contribution in [1.29, 1.82) is 0 Å². The third kappa shape index (κ3) is 33.5. The summed E-state index contributed by atoms with van der Waals surface area (Å²) in [6.07, 6.45) is 2.53. The zero-order valence-corrected chi connectivity index (χ0v) is 10.2. The van der Waals surface area contributed by atoms with E-state index < -0.39 is 0 Å². The van der Waals surface area contributed by atoms with Gasteiger partial charge in [0, 0.05) is 6.10 Å². The van der Waals surface area contributed by atoms with Crippen LogP contribution >= 0.6 is 0 Å². The molecule has 0 amide bonds. The van der Waals surface area contributed by atoms with Crippen LogP contribution in [-0.4, -0.2) is 36.8 Å². The Kier molecular flexibility index (Phi) is 11.8. The van der Waals surface area contributed by atoms with E-state index in [9.17, 15) is 0 Å². The molecule has 0 unspecified atom stereocenters. The Morgan fingerprint density at radius 2 is 1.46 bits per heavy atom. The maximum Gasteiger partial charge on any atom is 0.0483 e. The first kappa shape index (κ1) is 15.4. The molecule has 0 aromatic heterocycles. The Hall–Kier alpha value is -0.0800. The van der Waals surface area contributed by atoms with E-state index >= 15 is 0 Å². The molecule has 0 saturated heterocycles. The fraction of sp³-hybridized carbons (Fsp3) is 1.00. The van der Waals surface area contributed by atoms with Crippen LogP contribution in [0.15, 0.2) is 0 Å². The van der Waals surface area contributed by atoms with E-state index in [0.717, 1.165) is 5.92 Å². The quantitative estimate of drug-likeness (QED) is 0.734. The summed E-state index contributed by atoms with van der Waals surface area (Å²) in [6.45, 7) is 9.23. The standard InChI is InChI=1S/C8H19N.C3H8O/c1-8(2)6-5-7-9(3)4;1-3(2)4/h8H,5-7H2,1-4H3;3-4H,1-2H3. The van der Waals surface area contributed by atoms with Crippen molar-refractivity contribution in [3.05, 3.63) is 0 Å². The molecule has 0 aliphatic carbocycles.